The molecule has 0 aliphatic carbocycles. The van der Waals surface area contributed by atoms with E-state index in [2.05, 4.69) is 15.9 Å². The van der Waals surface area contributed by atoms with Crippen molar-refractivity contribution in [3.8, 4) is 5.75 Å². The summed E-state index contributed by atoms with van der Waals surface area (Å²) in [5.41, 5.74) is 1.26. The summed E-state index contributed by atoms with van der Waals surface area (Å²) in [5.74, 6) is 0.172. The van der Waals surface area contributed by atoms with Gasteiger partial charge in [-0.15, -0.1) is 0 Å². The second kappa shape index (κ2) is 7.93. The van der Waals surface area contributed by atoms with E-state index < -0.39 is 16.1 Å². The first-order valence-electron chi connectivity index (χ1n) is 7.71. The number of benzene rings is 2. The predicted molar refractivity (Wildman–Crippen MR) is 105 cm³/mol. The normalized spacial score (nSPS) is 15.5. The van der Waals surface area contributed by atoms with Gasteiger partial charge in [0.1, 0.15) is 5.75 Å². The van der Waals surface area contributed by atoms with Crippen molar-refractivity contribution in [2.45, 2.75) is 6.54 Å². The minimum Gasteiger partial charge on any atom is -0.496 e. The van der Waals surface area contributed by atoms with Crippen molar-refractivity contribution in [1.29, 1.82) is 0 Å². The Morgan fingerprint density at radius 1 is 1.22 bits per heavy atom. The van der Waals surface area contributed by atoms with Crippen molar-refractivity contribution in [2.24, 2.45) is 0 Å². The molecule has 0 bridgehead atoms. The molecule has 0 unspecified atom stereocenters. The SMILES string of the molecule is COc1ccc(Br)cc1/C=C1\SC(=O)N(Cc2ccc([N+](=O)[O-])cc2)C1=O. The maximum atomic E-state index is 12.6. The zero-order valence-electron chi connectivity index (χ0n) is 14.0. The van der Waals surface area contributed by atoms with Gasteiger partial charge in [-0.3, -0.25) is 24.6 Å². The van der Waals surface area contributed by atoms with Gasteiger partial charge in [0.05, 0.1) is 23.5 Å². The van der Waals surface area contributed by atoms with Crippen LogP contribution < -0.4 is 4.74 Å². The number of nitro benzene ring substituents is 1. The van der Waals surface area contributed by atoms with Crippen molar-refractivity contribution in [2.75, 3.05) is 7.11 Å². The Morgan fingerprint density at radius 3 is 2.56 bits per heavy atom. The summed E-state index contributed by atoms with van der Waals surface area (Å²) in [4.78, 5) is 36.5. The fourth-order valence-electron chi connectivity index (χ4n) is 2.50. The number of carbonyl (C=O) groups is 2. The second-order valence-corrected chi connectivity index (χ2v) is 7.49. The Labute approximate surface area is 167 Å². The fraction of sp³-hybridized carbons (Fsp3) is 0.111. The molecule has 0 atom stereocenters. The highest BCUT2D eigenvalue weighted by Gasteiger charge is 2.35. The first-order valence-corrected chi connectivity index (χ1v) is 9.32. The number of halogens is 1. The smallest absolute Gasteiger partial charge is 0.293 e. The number of carbonyl (C=O) groups excluding carboxylic acids is 2. The fourth-order valence-corrected chi connectivity index (χ4v) is 3.71. The van der Waals surface area contributed by atoms with Crippen LogP contribution in [0.1, 0.15) is 11.1 Å². The number of non-ortho nitro benzene ring substituents is 1. The average Bonchev–Trinajstić information content (AvgIpc) is 2.90. The van der Waals surface area contributed by atoms with E-state index in [0.717, 1.165) is 21.1 Å². The first-order chi connectivity index (χ1) is 12.9. The third-order valence-corrected chi connectivity index (χ3v) is 5.24. The van der Waals surface area contributed by atoms with Crippen LogP contribution in [0.5, 0.6) is 5.75 Å². The van der Waals surface area contributed by atoms with Crippen LogP contribution in [-0.2, 0) is 11.3 Å². The zero-order valence-corrected chi connectivity index (χ0v) is 16.5. The highest BCUT2D eigenvalue weighted by Crippen LogP contribution is 2.35. The third-order valence-electron chi connectivity index (χ3n) is 3.84. The molecular formula is C18H13BrN2O5S. The van der Waals surface area contributed by atoms with Gasteiger partial charge >= 0.3 is 0 Å². The van der Waals surface area contributed by atoms with Gasteiger partial charge in [0.2, 0.25) is 0 Å². The van der Waals surface area contributed by atoms with Gasteiger partial charge in [0.15, 0.2) is 0 Å². The number of nitro groups is 1. The number of amides is 2. The molecule has 27 heavy (non-hydrogen) atoms. The van der Waals surface area contributed by atoms with E-state index in [-0.39, 0.29) is 12.2 Å². The lowest BCUT2D eigenvalue weighted by Gasteiger charge is -2.12. The molecule has 1 fully saturated rings. The molecule has 2 aromatic rings. The van der Waals surface area contributed by atoms with Crippen LogP contribution in [0.4, 0.5) is 10.5 Å². The third kappa shape index (κ3) is 4.20. The molecule has 0 radical (unpaired) electrons. The van der Waals surface area contributed by atoms with Crippen LogP contribution in [0.15, 0.2) is 51.8 Å². The lowest BCUT2D eigenvalue weighted by atomic mass is 10.1. The highest BCUT2D eigenvalue weighted by atomic mass is 79.9. The first kappa shape index (κ1) is 19.1. The molecule has 0 saturated carbocycles. The van der Waals surface area contributed by atoms with Gasteiger partial charge in [-0.05, 0) is 41.6 Å². The van der Waals surface area contributed by atoms with Gasteiger partial charge in [-0.1, -0.05) is 28.1 Å². The largest absolute Gasteiger partial charge is 0.496 e. The summed E-state index contributed by atoms with van der Waals surface area (Å²) in [6, 6.07) is 11.1. The van der Waals surface area contributed by atoms with E-state index in [1.165, 1.54) is 31.4 Å². The highest BCUT2D eigenvalue weighted by molar-refractivity contribution is 9.10. The van der Waals surface area contributed by atoms with Gasteiger partial charge in [0, 0.05) is 22.2 Å². The molecule has 1 aliphatic heterocycles. The molecule has 9 heteroatoms. The number of imide groups is 1. The van der Waals surface area contributed by atoms with Crippen molar-refractivity contribution in [3.05, 3.63) is 73.1 Å². The van der Waals surface area contributed by atoms with E-state index >= 15 is 0 Å². The maximum Gasteiger partial charge on any atom is 0.293 e. The van der Waals surface area contributed by atoms with Crippen LogP contribution in [0.25, 0.3) is 6.08 Å². The molecule has 1 heterocycles. The Morgan fingerprint density at radius 2 is 1.93 bits per heavy atom. The van der Waals surface area contributed by atoms with Crippen LogP contribution in [0.2, 0.25) is 0 Å². The molecule has 0 aromatic heterocycles. The van der Waals surface area contributed by atoms with Crippen molar-refractivity contribution in [1.82, 2.24) is 4.90 Å². The molecular weight excluding hydrogens is 436 g/mol. The Bertz CT molecular complexity index is 959. The Hall–Kier alpha value is -2.65. The monoisotopic (exact) mass is 448 g/mol. The minimum absolute atomic E-state index is 0.0467. The number of ether oxygens (including phenoxy) is 1. The molecule has 3 rings (SSSR count). The molecule has 2 aromatic carbocycles. The molecule has 1 saturated heterocycles. The molecule has 138 valence electrons. The molecule has 0 spiro atoms. The number of hydrogen-bond acceptors (Lipinski definition) is 6. The predicted octanol–water partition coefficient (Wildman–Crippen LogP) is 4.60. The van der Waals surface area contributed by atoms with Crippen molar-refractivity contribution in [3.63, 3.8) is 0 Å². The Balaban J connectivity index is 1.83. The summed E-state index contributed by atoms with van der Waals surface area (Å²) < 4.78 is 6.11. The van der Waals surface area contributed by atoms with Crippen LogP contribution >= 0.6 is 27.7 Å². The maximum absolute atomic E-state index is 12.6. The van der Waals surface area contributed by atoms with Crippen LogP contribution in [0.3, 0.4) is 0 Å². The molecule has 7 nitrogen and oxygen atoms in total. The second-order valence-electron chi connectivity index (χ2n) is 5.58. The van der Waals surface area contributed by atoms with E-state index in [1.54, 1.807) is 18.2 Å². The van der Waals surface area contributed by atoms with Gasteiger partial charge in [0.25, 0.3) is 16.8 Å². The number of hydrogen-bond donors (Lipinski definition) is 0. The van der Waals surface area contributed by atoms with E-state index in [4.69, 9.17) is 4.74 Å². The average molecular weight is 449 g/mol. The lowest BCUT2D eigenvalue weighted by Crippen LogP contribution is -2.27. The number of methoxy groups -OCH3 is 1. The van der Waals surface area contributed by atoms with E-state index in [0.29, 0.717) is 21.8 Å². The van der Waals surface area contributed by atoms with E-state index in [1.807, 2.05) is 6.07 Å². The number of rotatable bonds is 5. The Kier molecular flexibility index (Phi) is 5.62. The number of nitrogens with zero attached hydrogens (tertiary/aromatic N) is 2. The van der Waals surface area contributed by atoms with Gasteiger partial charge in [-0.25, -0.2) is 0 Å². The van der Waals surface area contributed by atoms with Crippen molar-refractivity contribution >= 4 is 50.6 Å². The van der Waals surface area contributed by atoms with E-state index in [9.17, 15) is 19.7 Å². The van der Waals surface area contributed by atoms with Gasteiger partial charge < -0.3 is 4.74 Å². The summed E-state index contributed by atoms with van der Waals surface area (Å²) in [7, 11) is 1.53. The summed E-state index contributed by atoms with van der Waals surface area (Å²) in [5, 5.41) is 10.3. The van der Waals surface area contributed by atoms with Crippen LogP contribution in [-0.4, -0.2) is 28.1 Å². The summed E-state index contributed by atoms with van der Waals surface area (Å²) in [6.07, 6.45) is 1.62. The zero-order chi connectivity index (χ0) is 19.6. The quantitative estimate of drug-likeness (QED) is 0.377. The molecule has 2 amide bonds. The topological polar surface area (TPSA) is 89.8 Å². The van der Waals surface area contributed by atoms with Crippen molar-refractivity contribution < 1.29 is 19.2 Å². The van der Waals surface area contributed by atoms with Crippen LogP contribution in [0, 0.1) is 10.1 Å². The number of thioether (sulfide) groups is 1. The minimum atomic E-state index is -0.502. The molecule has 1 aliphatic rings. The molecule has 0 N–H and O–H groups in total. The summed E-state index contributed by atoms with van der Waals surface area (Å²) >= 11 is 4.22. The van der Waals surface area contributed by atoms with Gasteiger partial charge in [-0.2, -0.15) is 0 Å². The lowest BCUT2D eigenvalue weighted by molar-refractivity contribution is -0.384. The standard InChI is InChI=1S/C18H13BrN2O5S/c1-26-15-7-4-13(19)8-12(15)9-16-17(22)20(18(23)27-16)10-11-2-5-14(6-3-11)21(24)25/h2-9H,10H2,1H3/b16-9-. The summed E-state index contributed by atoms with van der Waals surface area (Å²) in [6.45, 7) is 0.0512.